The first-order chi connectivity index (χ1) is 6.16. The minimum absolute atomic E-state index is 0.102. The minimum Gasteiger partial charge on any atom is -0.326 e. The number of nitriles is 1. The fourth-order valence-electron chi connectivity index (χ4n) is 0.852. The third-order valence-electron chi connectivity index (χ3n) is 1.86. The maximum absolute atomic E-state index is 11.6. The zero-order valence-corrected chi connectivity index (χ0v) is 8.34. The molecule has 0 aliphatic heterocycles. The van der Waals surface area contributed by atoms with Gasteiger partial charge in [-0.2, -0.15) is 16.6 Å². The molecular formula is C9H10N2OS. The highest BCUT2D eigenvalue weighted by Gasteiger charge is 2.16. The summed E-state index contributed by atoms with van der Waals surface area (Å²) in [5.74, 6) is -0.102. The molecular weight excluding hydrogens is 184 g/mol. The smallest absolute Gasteiger partial charge is 0.255 e. The van der Waals surface area contributed by atoms with E-state index >= 15 is 0 Å². The molecule has 0 N–H and O–H groups in total. The molecule has 68 valence electrons. The monoisotopic (exact) mass is 194 g/mol. The predicted molar refractivity (Wildman–Crippen MR) is 51.5 cm³/mol. The molecule has 1 heterocycles. The molecule has 0 aliphatic carbocycles. The molecule has 0 spiro atoms. The number of nitrogens with zero attached hydrogens (tertiary/aromatic N) is 2. The molecule has 0 radical (unpaired) electrons. The van der Waals surface area contributed by atoms with E-state index in [0.717, 1.165) is 0 Å². The zero-order chi connectivity index (χ0) is 9.84. The third-order valence-corrected chi connectivity index (χ3v) is 2.54. The summed E-state index contributed by atoms with van der Waals surface area (Å²) in [5.41, 5.74) is 0.648. The molecule has 0 aliphatic rings. The van der Waals surface area contributed by atoms with Crippen LogP contribution in [0.2, 0.25) is 0 Å². The van der Waals surface area contributed by atoms with Crippen LogP contribution in [0.3, 0.4) is 0 Å². The fraction of sp³-hybridized carbons (Fsp3) is 0.333. The van der Waals surface area contributed by atoms with Gasteiger partial charge < -0.3 is 4.90 Å². The normalized spacial score (nSPS) is 11.8. The number of hydrogen-bond donors (Lipinski definition) is 0. The highest BCUT2D eigenvalue weighted by Crippen LogP contribution is 2.09. The van der Waals surface area contributed by atoms with Gasteiger partial charge in [0.25, 0.3) is 5.91 Å². The maximum atomic E-state index is 11.6. The number of amides is 1. The summed E-state index contributed by atoms with van der Waals surface area (Å²) in [4.78, 5) is 13.0. The summed E-state index contributed by atoms with van der Waals surface area (Å²) in [5, 5.41) is 12.2. The second-order valence-corrected chi connectivity index (χ2v) is 3.51. The third kappa shape index (κ3) is 2.07. The van der Waals surface area contributed by atoms with Crippen molar-refractivity contribution in [2.24, 2.45) is 0 Å². The molecule has 0 saturated heterocycles. The Morgan fingerprint density at radius 2 is 2.46 bits per heavy atom. The molecule has 1 aromatic rings. The zero-order valence-electron chi connectivity index (χ0n) is 7.52. The fourth-order valence-corrected chi connectivity index (χ4v) is 1.48. The topological polar surface area (TPSA) is 44.1 Å². The summed E-state index contributed by atoms with van der Waals surface area (Å²) in [6.45, 7) is 1.70. The lowest BCUT2D eigenvalue weighted by Crippen LogP contribution is -2.33. The Labute approximate surface area is 81.2 Å². The van der Waals surface area contributed by atoms with E-state index in [4.69, 9.17) is 5.26 Å². The van der Waals surface area contributed by atoms with E-state index in [9.17, 15) is 4.79 Å². The van der Waals surface area contributed by atoms with Gasteiger partial charge in [-0.15, -0.1) is 0 Å². The van der Waals surface area contributed by atoms with Crippen molar-refractivity contribution in [1.82, 2.24) is 4.90 Å². The SMILES string of the molecule is CC(C#N)N(C)C(=O)c1ccsc1. The average Bonchev–Trinajstić information content (AvgIpc) is 2.67. The van der Waals surface area contributed by atoms with E-state index < -0.39 is 0 Å². The Morgan fingerprint density at radius 1 is 1.77 bits per heavy atom. The first-order valence-electron chi connectivity index (χ1n) is 3.85. The summed E-state index contributed by atoms with van der Waals surface area (Å²) >= 11 is 1.47. The molecule has 4 heteroatoms. The van der Waals surface area contributed by atoms with Gasteiger partial charge in [-0.25, -0.2) is 0 Å². The number of carbonyl (C=O) groups excluding carboxylic acids is 1. The first-order valence-corrected chi connectivity index (χ1v) is 4.80. The number of hydrogen-bond acceptors (Lipinski definition) is 3. The van der Waals surface area contributed by atoms with Crippen LogP contribution in [0.1, 0.15) is 17.3 Å². The molecule has 3 nitrogen and oxygen atoms in total. The number of carbonyl (C=O) groups is 1. The average molecular weight is 194 g/mol. The largest absolute Gasteiger partial charge is 0.326 e. The molecule has 0 saturated carbocycles. The summed E-state index contributed by atoms with van der Waals surface area (Å²) in [6.07, 6.45) is 0. The van der Waals surface area contributed by atoms with Crippen LogP contribution >= 0.6 is 11.3 Å². The van der Waals surface area contributed by atoms with E-state index in [0.29, 0.717) is 5.56 Å². The number of thiophene rings is 1. The van der Waals surface area contributed by atoms with E-state index in [1.165, 1.54) is 16.2 Å². The minimum atomic E-state index is -0.382. The molecule has 1 aromatic heterocycles. The highest BCUT2D eigenvalue weighted by atomic mass is 32.1. The van der Waals surface area contributed by atoms with Gasteiger partial charge in [-0.1, -0.05) is 0 Å². The number of rotatable bonds is 2. The van der Waals surface area contributed by atoms with Crippen molar-refractivity contribution in [3.05, 3.63) is 22.4 Å². The van der Waals surface area contributed by atoms with E-state index in [1.54, 1.807) is 25.4 Å². The molecule has 1 atom stereocenters. The maximum Gasteiger partial charge on any atom is 0.255 e. The van der Waals surface area contributed by atoms with E-state index in [1.807, 2.05) is 11.4 Å². The molecule has 0 bridgehead atoms. The van der Waals surface area contributed by atoms with Crippen LogP contribution in [-0.2, 0) is 0 Å². The summed E-state index contributed by atoms with van der Waals surface area (Å²) in [7, 11) is 1.63. The molecule has 0 aromatic carbocycles. The van der Waals surface area contributed by atoms with Gasteiger partial charge in [0.15, 0.2) is 0 Å². The van der Waals surface area contributed by atoms with Crippen molar-refractivity contribution in [3.8, 4) is 6.07 Å². The van der Waals surface area contributed by atoms with E-state index in [-0.39, 0.29) is 11.9 Å². The van der Waals surface area contributed by atoms with Crippen molar-refractivity contribution in [1.29, 1.82) is 5.26 Å². The molecule has 1 unspecified atom stereocenters. The molecule has 1 rings (SSSR count). The van der Waals surface area contributed by atoms with Crippen molar-refractivity contribution in [3.63, 3.8) is 0 Å². The predicted octanol–water partition coefficient (Wildman–Crippen LogP) is 1.73. The van der Waals surface area contributed by atoms with Crippen LogP contribution in [-0.4, -0.2) is 23.9 Å². The standard InChI is InChI=1S/C9H10N2OS/c1-7(5-10)11(2)9(12)8-3-4-13-6-8/h3-4,6-7H,1-2H3. The lowest BCUT2D eigenvalue weighted by atomic mass is 10.2. The van der Waals surface area contributed by atoms with Crippen molar-refractivity contribution >= 4 is 17.2 Å². The van der Waals surface area contributed by atoms with Crippen LogP contribution in [0.5, 0.6) is 0 Å². The molecule has 1 amide bonds. The van der Waals surface area contributed by atoms with Crippen molar-refractivity contribution in [2.45, 2.75) is 13.0 Å². The van der Waals surface area contributed by atoms with E-state index in [2.05, 4.69) is 0 Å². The van der Waals surface area contributed by atoms with Gasteiger partial charge in [0.05, 0.1) is 11.6 Å². The second-order valence-electron chi connectivity index (χ2n) is 2.73. The van der Waals surface area contributed by atoms with Crippen LogP contribution < -0.4 is 0 Å². The Morgan fingerprint density at radius 3 is 2.92 bits per heavy atom. The Kier molecular flexibility index (Phi) is 3.04. The van der Waals surface area contributed by atoms with Gasteiger partial charge >= 0.3 is 0 Å². The molecule has 0 fully saturated rings. The second kappa shape index (κ2) is 4.06. The van der Waals surface area contributed by atoms with Crippen molar-refractivity contribution < 1.29 is 4.79 Å². The van der Waals surface area contributed by atoms with Gasteiger partial charge in [-0.05, 0) is 18.4 Å². The lowest BCUT2D eigenvalue weighted by Gasteiger charge is -2.18. The van der Waals surface area contributed by atoms with Crippen LogP contribution in [0.4, 0.5) is 0 Å². The Hall–Kier alpha value is -1.34. The Bertz CT molecular complexity index is 326. The van der Waals surface area contributed by atoms with Crippen LogP contribution in [0.15, 0.2) is 16.8 Å². The van der Waals surface area contributed by atoms with Crippen molar-refractivity contribution in [2.75, 3.05) is 7.05 Å². The van der Waals surface area contributed by atoms with Gasteiger partial charge in [0.2, 0.25) is 0 Å². The van der Waals surface area contributed by atoms with Crippen LogP contribution in [0, 0.1) is 11.3 Å². The lowest BCUT2D eigenvalue weighted by molar-refractivity contribution is 0.0773. The van der Waals surface area contributed by atoms with Gasteiger partial charge in [0.1, 0.15) is 6.04 Å². The van der Waals surface area contributed by atoms with Crippen LogP contribution in [0.25, 0.3) is 0 Å². The molecule has 13 heavy (non-hydrogen) atoms. The van der Waals surface area contributed by atoms with Gasteiger partial charge in [-0.3, -0.25) is 4.79 Å². The highest BCUT2D eigenvalue weighted by molar-refractivity contribution is 7.08. The first kappa shape index (κ1) is 9.75. The summed E-state index contributed by atoms with van der Waals surface area (Å²) < 4.78 is 0. The quantitative estimate of drug-likeness (QED) is 0.719. The Balaban J connectivity index is 2.75. The summed E-state index contributed by atoms with van der Waals surface area (Å²) in [6, 6.07) is 3.39. The van der Waals surface area contributed by atoms with Gasteiger partial charge in [0, 0.05) is 12.4 Å².